The molecule has 1 saturated heterocycles. The van der Waals surface area contributed by atoms with Crippen LogP contribution in [0.1, 0.15) is 44.4 Å². The van der Waals surface area contributed by atoms with Crippen LogP contribution in [0, 0.1) is 11.7 Å². The van der Waals surface area contributed by atoms with Crippen molar-refractivity contribution in [2.24, 2.45) is 10.9 Å². The highest BCUT2D eigenvalue weighted by molar-refractivity contribution is 7.12. The van der Waals surface area contributed by atoms with Crippen LogP contribution in [0.5, 0.6) is 0 Å². The Morgan fingerprint density at radius 1 is 1.03 bits per heavy atom. The van der Waals surface area contributed by atoms with E-state index in [1.54, 1.807) is 28.0 Å². The summed E-state index contributed by atoms with van der Waals surface area (Å²) in [5.74, 6) is -2.25. The Morgan fingerprint density at radius 2 is 1.78 bits per heavy atom. The zero-order chi connectivity index (χ0) is 25.7. The molecule has 3 amide bonds. The van der Waals surface area contributed by atoms with Gasteiger partial charge in [0.25, 0.3) is 11.8 Å². The van der Waals surface area contributed by atoms with E-state index in [2.05, 4.69) is 10.3 Å². The van der Waals surface area contributed by atoms with Gasteiger partial charge in [0.15, 0.2) is 0 Å². The number of amides is 3. The van der Waals surface area contributed by atoms with Gasteiger partial charge >= 0.3 is 0 Å². The lowest BCUT2D eigenvalue weighted by Crippen LogP contribution is -2.50. The lowest BCUT2D eigenvalue weighted by molar-refractivity contribution is -0.116. The molecule has 1 aromatic carbocycles. The van der Waals surface area contributed by atoms with Gasteiger partial charge in [-0.25, -0.2) is 9.38 Å². The van der Waals surface area contributed by atoms with Crippen molar-refractivity contribution in [2.45, 2.75) is 18.8 Å². The first-order chi connectivity index (χ1) is 17.9. The van der Waals surface area contributed by atoms with Gasteiger partial charge in [-0.3, -0.25) is 14.4 Å². The van der Waals surface area contributed by atoms with Crippen LogP contribution in [0.2, 0.25) is 0 Å². The zero-order valence-corrected chi connectivity index (χ0v) is 20.7. The SMILES string of the molecule is O=C1C=C2C(F)=NC3=C2C(CN1)CC(c1ccc(F)c(C(=O)N2CCN(C(=O)c4cccs4)CC2)c1)C3. The predicted molar refractivity (Wildman–Crippen MR) is 135 cm³/mol. The Morgan fingerprint density at radius 3 is 2.51 bits per heavy atom. The standard InChI is InChI=1S/C27H24F2N4O3S/c28-20-4-3-15(16-10-17-14-30-23(34)13-19-24(17)21(12-16)31-25(19)29)11-18(20)26(35)32-5-7-33(8-6-32)27(36)22-2-1-9-37-22/h1-4,9,11,13,16-17H,5-8,10,12,14H2,(H,30,34). The molecule has 0 saturated carbocycles. The number of aliphatic imine (C=N–C) groups is 1. The summed E-state index contributed by atoms with van der Waals surface area (Å²) < 4.78 is 29.4. The topological polar surface area (TPSA) is 82.1 Å². The molecule has 3 aliphatic heterocycles. The second-order valence-corrected chi connectivity index (χ2v) is 10.6. The molecule has 190 valence electrons. The summed E-state index contributed by atoms with van der Waals surface area (Å²) in [6, 6.07) is 8.18. The fourth-order valence-corrected chi connectivity index (χ4v) is 6.37. The molecule has 10 heteroatoms. The summed E-state index contributed by atoms with van der Waals surface area (Å²) in [7, 11) is 0. The molecule has 0 spiro atoms. The van der Waals surface area contributed by atoms with Crippen molar-refractivity contribution in [3.63, 3.8) is 0 Å². The summed E-state index contributed by atoms with van der Waals surface area (Å²) in [6.07, 6.45) is 2.35. The van der Waals surface area contributed by atoms with E-state index in [4.69, 9.17) is 0 Å². The third-order valence-electron chi connectivity index (χ3n) is 7.55. The minimum atomic E-state index is -0.639. The smallest absolute Gasteiger partial charge is 0.264 e. The van der Waals surface area contributed by atoms with E-state index in [9.17, 15) is 23.2 Å². The number of halogens is 2. The molecule has 4 heterocycles. The van der Waals surface area contributed by atoms with Crippen LogP contribution in [0.4, 0.5) is 8.78 Å². The van der Waals surface area contributed by atoms with Crippen LogP contribution in [-0.4, -0.2) is 66.2 Å². The van der Waals surface area contributed by atoms with E-state index < -0.39 is 17.7 Å². The molecular formula is C27H24F2N4O3S. The number of allylic oxidation sites excluding steroid dienone is 2. The molecule has 2 unspecified atom stereocenters. The van der Waals surface area contributed by atoms with Crippen molar-refractivity contribution < 1.29 is 23.2 Å². The number of hydrogen-bond acceptors (Lipinski definition) is 5. The second kappa shape index (κ2) is 9.33. The molecule has 7 nitrogen and oxygen atoms in total. The number of piperazine rings is 1. The number of nitrogens with one attached hydrogen (secondary N) is 1. The molecule has 1 fully saturated rings. The van der Waals surface area contributed by atoms with Crippen molar-refractivity contribution >= 4 is 35.0 Å². The van der Waals surface area contributed by atoms with Gasteiger partial charge in [0.1, 0.15) is 5.82 Å². The second-order valence-electron chi connectivity index (χ2n) is 9.70. The van der Waals surface area contributed by atoms with E-state index in [1.165, 1.54) is 23.5 Å². The maximum absolute atomic E-state index is 14.9. The largest absolute Gasteiger partial charge is 0.352 e. The Kier molecular flexibility index (Phi) is 5.98. The highest BCUT2D eigenvalue weighted by Crippen LogP contribution is 2.46. The first-order valence-corrected chi connectivity index (χ1v) is 13.2. The lowest BCUT2D eigenvalue weighted by atomic mass is 9.75. The zero-order valence-electron chi connectivity index (χ0n) is 19.9. The predicted octanol–water partition coefficient (Wildman–Crippen LogP) is 3.67. The number of rotatable bonds is 3. The number of benzene rings is 1. The molecule has 37 heavy (non-hydrogen) atoms. The minimum absolute atomic E-state index is 0.00818. The molecular weight excluding hydrogens is 498 g/mol. The van der Waals surface area contributed by atoms with Gasteiger partial charge in [-0.05, 0) is 53.5 Å². The first-order valence-electron chi connectivity index (χ1n) is 12.3. The van der Waals surface area contributed by atoms with Gasteiger partial charge < -0.3 is 15.1 Å². The van der Waals surface area contributed by atoms with Gasteiger partial charge in [0.05, 0.1) is 10.4 Å². The molecule has 2 atom stereocenters. The summed E-state index contributed by atoms with van der Waals surface area (Å²) in [6.45, 7) is 1.79. The van der Waals surface area contributed by atoms with Crippen LogP contribution in [0.25, 0.3) is 0 Å². The Balaban J connectivity index is 1.19. The van der Waals surface area contributed by atoms with E-state index in [0.717, 1.165) is 11.1 Å². The van der Waals surface area contributed by atoms with Crippen LogP contribution in [0.3, 0.4) is 0 Å². The molecule has 0 radical (unpaired) electrons. The average Bonchev–Trinajstić information content (AvgIpc) is 3.51. The summed E-state index contributed by atoms with van der Waals surface area (Å²) >= 11 is 1.38. The fraction of sp³-hybridized carbons (Fsp3) is 0.333. The van der Waals surface area contributed by atoms with Crippen molar-refractivity contribution in [3.8, 4) is 0 Å². The van der Waals surface area contributed by atoms with Crippen molar-refractivity contribution in [3.05, 3.63) is 80.5 Å². The lowest BCUT2D eigenvalue weighted by Gasteiger charge is -2.35. The first kappa shape index (κ1) is 23.7. The normalized spacial score (nSPS) is 23.2. The highest BCUT2D eigenvalue weighted by Gasteiger charge is 2.39. The average molecular weight is 523 g/mol. The van der Waals surface area contributed by atoms with Crippen LogP contribution < -0.4 is 5.32 Å². The Bertz CT molecular complexity index is 1390. The molecule has 1 N–H and O–H groups in total. The van der Waals surface area contributed by atoms with E-state index in [0.29, 0.717) is 56.1 Å². The van der Waals surface area contributed by atoms with Gasteiger partial charge in [-0.1, -0.05) is 12.1 Å². The van der Waals surface area contributed by atoms with Crippen LogP contribution in [0.15, 0.2) is 63.6 Å². The van der Waals surface area contributed by atoms with E-state index >= 15 is 0 Å². The Labute approximate surface area is 216 Å². The molecule has 1 aromatic heterocycles. The summed E-state index contributed by atoms with van der Waals surface area (Å²) in [5, 5.41) is 4.65. The van der Waals surface area contributed by atoms with Crippen LogP contribution >= 0.6 is 11.3 Å². The van der Waals surface area contributed by atoms with Gasteiger partial charge in [-0.15, -0.1) is 11.3 Å². The highest BCUT2D eigenvalue weighted by atomic mass is 32.1. The maximum atomic E-state index is 14.9. The van der Waals surface area contributed by atoms with Crippen molar-refractivity contribution in [1.29, 1.82) is 0 Å². The quantitative estimate of drug-likeness (QED) is 0.668. The number of nitrogens with zero attached hydrogens (tertiary/aromatic N) is 3. The summed E-state index contributed by atoms with van der Waals surface area (Å²) in [5.41, 5.74) is 2.43. The fourth-order valence-electron chi connectivity index (χ4n) is 5.68. The number of carbonyl (C=O) groups is 3. The molecule has 2 aromatic rings. The molecule has 0 bridgehead atoms. The Hall–Kier alpha value is -3.66. The van der Waals surface area contributed by atoms with Gasteiger partial charge in [0.2, 0.25) is 11.9 Å². The van der Waals surface area contributed by atoms with E-state index in [-0.39, 0.29) is 34.8 Å². The number of carbonyl (C=O) groups excluding carboxylic acids is 3. The monoisotopic (exact) mass is 522 g/mol. The third-order valence-corrected chi connectivity index (χ3v) is 8.41. The van der Waals surface area contributed by atoms with Crippen molar-refractivity contribution in [2.75, 3.05) is 32.7 Å². The third kappa shape index (κ3) is 4.29. The van der Waals surface area contributed by atoms with Gasteiger partial charge in [-0.2, -0.15) is 4.39 Å². The number of thiophene rings is 1. The molecule has 4 aliphatic rings. The van der Waals surface area contributed by atoms with Gasteiger partial charge in [0, 0.05) is 56.0 Å². The number of hydrogen-bond donors (Lipinski definition) is 1. The minimum Gasteiger partial charge on any atom is -0.352 e. The molecule has 6 rings (SSSR count). The van der Waals surface area contributed by atoms with Crippen molar-refractivity contribution in [1.82, 2.24) is 15.1 Å². The summed E-state index contributed by atoms with van der Waals surface area (Å²) in [4.78, 5) is 45.9. The molecule has 1 aliphatic carbocycles. The van der Waals surface area contributed by atoms with E-state index in [1.807, 2.05) is 11.4 Å². The van der Waals surface area contributed by atoms with Crippen LogP contribution in [-0.2, 0) is 4.79 Å². The maximum Gasteiger partial charge on any atom is 0.264 e.